The zero-order valence-corrected chi connectivity index (χ0v) is 11.4. The predicted octanol–water partition coefficient (Wildman–Crippen LogP) is 3.94. The van der Waals surface area contributed by atoms with Crippen LogP contribution in [0, 0.1) is 6.92 Å². The van der Waals surface area contributed by atoms with Crippen LogP contribution in [0.25, 0.3) is 0 Å². The fourth-order valence-corrected chi connectivity index (χ4v) is 1.77. The zero-order chi connectivity index (χ0) is 15.3. The van der Waals surface area contributed by atoms with E-state index in [0.717, 1.165) is 11.1 Å². The van der Waals surface area contributed by atoms with Crippen molar-refractivity contribution >= 4 is 5.69 Å². The van der Waals surface area contributed by atoms with E-state index >= 15 is 0 Å². The maximum Gasteiger partial charge on any atom is 0.422 e. The van der Waals surface area contributed by atoms with Crippen LogP contribution in [0.3, 0.4) is 0 Å². The van der Waals surface area contributed by atoms with Gasteiger partial charge in [-0.05, 0) is 36.2 Å². The molecule has 0 amide bonds. The van der Waals surface area contributed by atoms with Crippen molar-refractivity contribution in [3.05, 3.63) is 53.9 Å². The Morgan fingerprint density at radius 3 is 2.67 bits per heavy atom. The lowest BCUT2D eigenvalue weighted by Crippen LogP contribution is -2.19. The molecule has 0 atom stereocenters. The van der Waals surface area contributed by atoms with E-state index in [2.05, 4.69) is 10.3 Å². The molecule has 1 heterocycles. The number of ether oxygens (including phenoxy) is 1. The first-order valence-electron chi connectivity index (χ1n) is 6.37. The number of nitrogens with one attached hydrogen (secondary N) is 1. The van der Waals surface area contributed by atoms with Crippen molar-refractivity contribution in [2.24, 2.45) is 0 Å². The quantitative estimate of drug-likeness (QED) is 0.907. The Hall–Kier alpha value is -2.24. The van der Waals surface area contributed by atoms with Crippen molar-refractivity contribution < 1.29 is 17.9 Å². The Labute approximate surface area is 120 Å². The molecule has 0 aliphatic carbocycles. The van der Waals surface area contributed by atoms with E-state index in [1.54, 1.807) is 30.6 Å². The Bertz CT molecular complexity index is 599. The number of para-hydroxylation sites is 2. The molecule has 2 rings (SSSR count). The van der Waals surface area contributed by atoms with Crippen molar-refractivity contribution in [2.45, 2.75) is 19.6 Å². The number of rotatable bonds is 5. The normalized spacial score (nSPS) is 11.2. The molecular formula is C15H15F3N2O. The fourth-order valence-electron chi connectivity index (χ4n) is 1.77. The number of aryl methyl sites for hydroxylation is 1. The SMILES string of the molecule is Cc1ccncc1CNc1ccccc1OCC(F)(F)F. The second-order valence-electron chi connectivity index (χ2n) is 4.56. The Balaban J connectivity index is 2.05. The van der Waals surface area contributed by atoms with E-state index in [1.807, 2.05) is 13.0 Å². The van der Waals surface area contributed by atoms with Crippen molar-refractivity contribution in [1.82, 2.24) is 4.98 Å². The van der Waals surface area contributed by atoms with E-state index in [-0.39, 0.29) is 5.75 Å². The molecule has 1 aromatic heterocycles. The van der Waals surface area contributed by atoms with Gasteiger partial charge in [0.05, 0.1) is 5.69 Å². The standard InChI is InChI=1S/C15H15F3N2O/c1-11-6-7-19-8-12(11)9-20-13-4-2-3-5-14(13)21-10-15(16,17)18/h2-8,20H,9-10H2,1H3. The minimum absolute atomic E-state index is 0.177. The predicted molar refractivity (Wildman–Crippen MR) is 74.3 cm³/mol. The van der Waals surface area contributed by atoms with Crippen LogP contribution in [-0.2, 0) is 6.54 Å². The molecule has 0 spiro atoms. The highest BCUT2D eigenvalue weighted by molar-refractivity contribution is 5.56. The van der Waals surface area contributed by atoms with Crippen LogP contribution in [-0.4, -0.2) is 17.8 Å². The summed E-state index contributed by atoms with van der Waals surface area (Å²) in [4.78, 5) is 4.03. The van der Waals surface area contributed by atoms with Crippen LogP contribution in [0.4, 0.5) is 18.9 Å². The molecule has 3 nitrogen and oxygen atoms in total. The number of pyridine rings is 1. The van der Waals surface area contributed by atoms with Gasteiger partial charge in [-0.1, -0.05) is 12.1 Å². The number of nitrogens with zero attached hydrogens (tertiary/aromatic N) is 1. The summed E-state index contributed by atoms with van der Waals surface area (Å²) in [5.41, 5.74) is 2.55. The van der Waals surface area contributed by atoms with Gasteiger partial charge in [-0.3, -0.25) is 4.98 Å². The van der Waals surface area contributed by atoms with Crippen LogP contribution in [0.5, 0.6) is 5.75 Å². The molecule has 0 saturated carbocycles. The fraction of sp³-hybridized carbons (Fsp3) is 0.267. The van der Waals surface area contributed by atoms with Gasteiger partial charge in [-0.25, -0.2) is 0 Å². The highest BCUT2D eigenvalue weighted by Gasteiger charge is 2.28. The molecule has 0 unspecified atom stereocenters. The second kappa shape index (κ2) is 6.47. The molecule has 2 aromatic rings. The minimum Gasteiger partial charge on any atom is -0.482 e. The van der Waals surface area contributed by atoms with Gasteiger partial charge < -0.3 is 10.1 Å². The van der Waals surface area contributed by atoms with Gasteiger partial charge >= 0.3 is 6.18 Å². The Morgan fingerprint density at radius 2 is 1.95 bits per heavy atom. The lowest BCUT2D eigenvalue weighted by molar-refractivity contribution is -0.153. The van der Waals surface area contributed by atoms with Gasteiger partial charge in [-0.2, -0.15) is 13.2 Å². The van der Waals surface area contributed by atoms with E-state index in [9.17, 15) is 13.2 Å². The zero-order valence-electron chi connectivity index (χ0n) is 11.4. The molecule has 0 aliphatic rings. The van der Waals surface area contributed by atoms with Crippen LogP contribution in [0.15, 0.2) is 42.7 Å². The number of benzene rings is 1. The molecular weight excluding hydrogens is 281 g/mol. The summed E-state index contributed by atoms with van der Waals surface area (Å²) in [5.74, 6) is 0.177. The third-order valence-electron chi connectivity index (χ3n) is 2.90. The third-order valence-corrected chi connectivity index (χ3v) is 2.90. The van der Waals surface area contributed by atoms with Crippen LogP contribution in [0.1, 0.15) is 11.1 Å². The maximum absolute atomic E-state index is 12.2. The second-order valence-corrected chi connectivity index (χ2v) is 4.56. The number of hydrogen-bond donors (Lipinski definition) is 1. The maximum atomic E-state index is 12.2. The summed E-state index contributed by atoms with van der Waals surface area (Å²) in [7, 11) is 0. The van der Waals surface area contributed by atoms with E-state index in [0.29, 0.717) is 12.2 Å². The summed E-state index contributed by atoms with van der Waals surface area (Å²) in [6.45, 7) is 1.11. The average molecular weight is 296 g/mol. The van der Waals surface area contributed by atoms with Gasteiger partial charge in [-0.15, -0.1) is 0 Å². The van der Waals surface area contributed by atoms with Gasteiger partial charge in [0.1, 0.15) is 5.75 Å². The Kier molecular flexibility index (Phi) is 4.67. The first kappa shape index (κ1) is 15.2. The van der Waals surface area contributed by atoms with Gasteiger partial charge in [0.25, 0.3) is 0 Å². The van der Waals surface area contributed by atoms with Gasteiger partial charge in [0, 0.05) is 18.9 Å². The highest BCUT2D eigenvalue weighted by atomic mass is 19.4. The van der Waals surface area contributed by atoms with E-state index in [4.69, 9.17) is 4.74 Å². The van der Waals surface area contributed by atoms with Gasteiger partial charge in [0.15, 0.2) is 6.61 Å². The molecule has 6 heteroatoms. The molecule has 0 saturated heterocycles. The number of halogens is 3. The molecule has 112 valence electrons. The van der Waals surface area contributed by atoms with Crippen LogP contribution in [0.2, 0.25) is 0 Å². The number of alkyl halides is 3. The minimum atomic E-state index is -4.35. The monoisotopic (exact) mass is 296 g/mol. The molecule has 0 bridgehead atoms. The topological polar surface area (TPSA) is 34.2 Å². The Morgan fingerprint density at radius 1 is 1.19 bits per heavy atom. The molecule has 1 aromatic carbocycles. The summed E-state index contributed by atoms with van der Waals surface area (Å²) in [6.07, 6.45) is -0.937. The summed E-state index contributed by atoms with van der Waals surface area (Å²) >= 11 is 0. The number of hydrogen-bond acceptors (Lipinski definition) is 3. The molecule has 0 radical (unpaired) electrons. The van der Waals surface area contributed by atoms with E-state index in [1.165, 1.54) is 6.07 Å². The molecule has 0 fully saturated rings. The summed E-state index contributed by atoms with van der Waals surface area (Å²) < 4.78 is 41.5. The molecule has 0 aliphatic heterocycles. The van der Waals surface area contributed by atoms with Crippen molar-refractivity contribution in [3.8, 4) is 5.75 Å². The number of aromatic nitrogens is 1. The van der Waals surface area contributed by atoms with Crippen LogP contribution < -0.4 is 10.1 Å². The van der Waals surface area contributed by atoms with Crippen molar-refractivity contribution in [2.75, 3.05) is 11.9 Å². The summed E-state index contributed by atoms with van der Waals surface area (Å²) in [5, 5.41) is 3.07. The lowest BCUT2D eigenvalue weighted by atomic mass is 10.1. The number of anilines is 1. The van der Waals surface area contributed by atoms with Crippen molar-refractivity contribution in [3.63, 3.8) is 0 Å². The first-order chi connectivity index (χ1) is 9.96. The highest BCUT2D eigenvalue weighted by Crippen LogP contribution is 2.26. The van der Waals surface area contributed by atoms with Crippen LogP contribution >= 0.6 is 0 Å². The molecule has 21 heavy (non-hydrogen) atoms. The van der Waals surface area contributed by atoms with E-state index < -0.39 is 12.8 Å². The lowest BCUT2D eigenvalue weighted by Gasteiger charge is -2.15. The summed E-state index contributed by atoms with van der Waals surface area (Å²) in [6, 6.07) is 8.43. The average Bonchev–Trinajstić information content (AvgIpc) is 2.44. The third kappa shape index (κ3) is 4.66. The van der Waals surface area contributed by atoms with Gasteiger partial charge in [0.2, 0.25) is 0 Å². The largest absolute Gasteiger partial charge is 0.482 e. The first-order valence-corrected chi connectivity index (χ1v) is 6.37. The smallest absolute Gasteiger partial charge is 0.422 e. The molecule has 1 N–H and O–H groups in total. The van der Waals surface area contributed by atoms with Crippen molar-refractivity contribution in [1.29, 1.82) is 0 Å².